The number of fused-ring (bicyclic) bond motifs is 6. The fourth-order valence-electron chi connectivity index (χ4n) is 4.04. The second-order valence-electron chi connectivity index (χ2n) is 8.09. The van der Waals surface area contributed by atoms with E-state index in [9.17, 15) is 9.59 Å². The van der Waals surface area contributed by atoms with Crippen molar-refractivity contribution in [2.45, 2.75) is 38.9 Å². The predicted octanol–water partition coefficient (Wildman–Crippen LogP) is 5.00. The molecule has 2 aliphatic heterocycles. The molecule has 0 amide bonds. The molecule has 0 saturated heterocycles. The summed E-state index contributed by atoms with van der Waals surface area (Å²) in [4.78, 5) is 25.4. The molecule has 0 N–H and O–H groups in total. The molecule has 146 valence electrons. The van der Waals surface area contributed by atoms with Crippen LogP contribution in [0.2, 0.25) is 0 Å². The van der Waals surface area contributed by atoms with Gasteiger partial charge in [0.25, 0.3) is 0 Å². The normalized spacial score (nSPS) is 19.3. The average molecular weight is 388 g/mol. The van der Waals surface area contributed by atoms with Crippen LogP contribution in [0, 0.1) is 0 Å². The Morgan fingerprint density at radius 3 is 2.59 bits per heavy atom. The molecule has 0 saturated carbocycles. The SMILES string of the molecule is CC1CC(=O)c2c(c3c(c4c(-c5ccccc5)cc(=O)oc24)OC(C)(C)C=C3)O1. The first-order valence-electron chi connectivity index (χ1n) is 9.65. The number of ketones is 1. The van der Waals surface area contributed by atoms with E-state index >= 15 is 0 Å². The molecule has 1 unspecified atom stereocenters. The molecule has 5 heteroatoms. The third-order valence-corrected chi connectivity index (χ3v) is 5.30. The number of hydrogen-bond donors (Lipinski definition) is 0. The lowest BCUT2D eigenvalue weighted by molar-refractivity contribution is 0.0869. The van der Waals surface area contributed by atoms with E-state index in [-0.39, 0.29) is 23.9 Å². The van der Waals surface area contributed by atoms with Crippen LogP contribution in [0.25, 0.3) is 28.2 Å². The summed E-state index contributed by atoms with van der Waals surface area (Å²) < 4.78 is 18.0. The van der Waals surface area contributed by atoms with Crippen LogP contribution in [-0.2, 0) is 0 Å². The summed E-state index contributed by atoms with van der Waals surface area (Å²) in [5, 5.41) is 0.619. The van der Waals surface area contributed by atoms with Gasteiger partial charge in [-0.25, -0.2) is 4.79 Å². The van der Waals surface area contributed by atoms with E-state index in [4.69, 9.17) is 13.9 Å². The first-order chi connectivity index (χ1) is 13.8. The molecule has 0 aliphatic carbocycles. The zero-order chi connectivity index (χ0) is 20.3. The first-order valence-corrected chi connectivity index (χ1v) is 9.65. The van der Waals surface area contributed by atoms with Crippen LogP contribution in [0.5, 0.6) is 11.5 Å². The average Bonchev–Trinajstić information content (AvgIpc) is 2.66. The quantitative estimate of drug-likeness (QED) is 0.549. The van der Waals surface area contributed by atoms with Crippen LogP contribution in [-0.4, -0.2) is 17.5 Å². The molecule has 5 nitrogen and oxygen atoms in total. The molecular formula is C24H20O5. The Bertz CT molecular complexity index is 1250. The van der Waals surface area contributed by atoms with Crippen molar-refractivity contribution in [2.24, 2.45) is 0 Å². The Morgan fingerprint density at radius 1 is 1.07 bits per heavy atom. The Labute approximate surface area is 167 Å². The van der Waals surface area contributed by atoms with Crippen LogP contribution in [0.4, 0.5) is 0 Å². The summed E-state index contributed by atoms with van der Waals surface area (Å²) in [6.45, 7) is 5.76. The van der Waals surface area contributed by atoms with E-state index in [0.29, 0.717) is 33.6 Å². The number of carbonyl (C=O) groups excluding carboxylic acids is 1. The van der Waals surface area contributed by atoms with Crippen molar-refractivity contribution in [3.05, 3.63) is 64.0 Å². The first kappa shape index (κ1) is 17.7. The van der Waals surface area contributed by atoms with Gasteiger partial charge in [0.05, 0.1) is 10.9 Å². The van der Waals surface area contributed by atoms with Crippen LogP contribution >= 0.6 is 0 Å². The summed E-state index contributed by atoms with van der Waals surface area (Å²) in [6.07, 6.45) is 3.85. The highest BCUT2D eigenvalue weighted by Gasteiger charge is 2.36. The number of Topliss-reactive ketones (excluding diaryl/α,β-unsaturated/α-hetero) is 1. The molecule has 29 heavy (non-hydrogen) atoms. The van der Waals surface area contributed by atoms with Crippen molar-refractivity contribution in [1.29, 1.82) is 0 Å². The summed E-state index contributed by atoms with van der Waals surface area (Å²) >= 11 is 0. The lowest BCUT2D eigenvalue weighted by atomic mass is 9.89. The number of hydrogen-bond acceptors (Lipinski definition) is 5. The summed E-state index contributed by atoms with van der Waals surface area (Å²) in [5.74, 6) is 0.894. The standard InChI is InChI=1S/C24H20O5/c1-13-11-17(25)20-21(27-13)15-9-10-24(2,3)29-22(15)19-16(12-18(26)28-23(19)20)14-7-5-4-6-8-14/h4-10,12-13H,11H2,1-3H3. The minimum atomic E-state index is -0.553. The minimum absolute atomic E-state index is 0.0989. The summed E-state index contributed by atoms with van der Waals surface area (Å²) in [6, 6.07) is 11.0. The van der Waals surface area contributed by atoms with Crippen LogP contribution in [0.1, 0.15) is 43.1 Å². The van der Waals surface area contributed by atoms with Crippen LogP contribution in [0.3, 0.4) is 0 Å². The van der Waals surface area contributed by atoms with Crippen LogP contribution in [0.15, 0.2) is 51.7 Å². The van der Waals surface area contributed by atoms with Gasteiger partial charge in [0.15, 0.2) is 11.4 Å². The molecule has 0 fully saturated rings. The molecule has 5 rings (SSSR count). The highest BCUT2D eigenvalue weighted by Crippen LogP contribution is 2.50. The van der Waals surface area contributed by atoms with Crippen molar-refractivity contribution in [2.75, 3.05) is 0 Å². The molecule has 0 spiro atoms. The van der Waals surface area contributed by atoms with Gasteiger partial charge in [-0.2, -0.15) is 0 Å². The molecule has 0 bridgehead atoms. The minimum Gasteiger partial charge on any atom is -0.489 e. The van der Waals surface area contributed by atoms with Gasteiger partial charge in [-0.3, -0.25) is 4.79 Å². The van der Waals surface area contributed by atoms with E-state index in [1.54, 1.807) is 0 Å². The van der Waals surface area contributed by atoms with E-state index in [0.717, 1.165) is 5.56 Å². The maximum absolute atomic E-state index is 13.0. The molecule has 1 aromatic heterocycles. The molecule has 1 atom stereocenters. The number of carbonyl (C=O) groups is 1. The van der Waals surface area contributed by atoms with E-state index < -0.39 is 11.2 Å². The highest BCUT2D eigenvalue weighted by atomic mass is 16.5. The smallest absolute Gasteiger partial charge is 0.336 e. The van der Waals surface area contributed by atoms with Gasteiger partial charge in [0, 0.05) is 18.1 Å². The van der Waals surface area contributed by atoms with Gasteiger partial charge in [-0.1, -0.05) is 30.3 Å². The Morgan fingerprint density at radius 2 is 1.83 bits per heavy atom. The number of benzene rings is 2. The van der Waals surface area contributed by atoms with Gasteiger partial charge in [-0.15, -0.1) is 0 Å². The maximum atomic E-state index is 13.0. The number of ether oxygens (including phenoxy) is 2. The molecular weight excluding hydrogens is 368 g/mol. The van der Waals surface area contributed by atoms with Gasteiger partial charge in [0.1, 0.15) is 28.8 Å². The maximum Gasteiger partial charge on any atom is 0.336 e. The topological polar surface area (TPSA) is 65.7 Å². The fraction of sp³-hybridized carbons (Fsp3) is 0.250. The van der Waals surface area contributed by atoms with Crippen molar-refractivity contribution < 1.29 is 18.7 Å². The Balaban J connectivity index is 1.98. The Hall–Kier alpha value is -3.34. The molecule has 3 heterocycles. The Kier molecular flexibility index (Phi) is 3.72. The molecule has 3 aromatic rings. The van der Waals surface area contributed by atoms with Gasteiger partial charge in [0.2, 0.25) is 0 Å². The molecule has 2 aliphatic rings. The zero-order valence-corrected chi connectivity index (χ0v) is 16.4. The van der Waals surface area contributed by atoms with Crippen molar-refractivity contribution in [3.63, 3.8) is 0 Å². The molecule has 2 aromatic carbocycles. The van der Waals surface area contributed by atoms with Gasteiger partial charge in [-0.05, 0) is 38.5 Å². The van der Waals surface area contributed by atoms with Crippen molar-refractivity contribution >= 4 is 22.8 Å². The lowest BCUT2D eigenvalue weighted by Crippen LogP contribution is -2.30. The zero-order valence-electron chi connectivity index (χ0n) is 16.4. The third kappa shape index (κ3) is 2.77. The second kappa shape index (κ2) is 6.08. The van der Waals surface area contributed by atoms with E-state index in [1.165, 1.54) is 6.07 Å². The largest absolute Gasteiger partial charge is 0.489 e. The summed E-state index contributed by atoms with van der Waals surface area (Å²) in [7, 11) is 0. The van der Waals surface area contributed by atoms with Gasteiger partial charge < -0.3 is 13.9 Å². The van der Waals surface area contributed by atoms with E-state index in [1.807, 2.05) is 63.3 Å². The predicted molar refractivity (Wildman–Crippen MR) is 111 cm³/mol. The lowest BCUT2D eigenvalue weighted by Gasteiger charge is -2.33. The summed E-state index contributed by atoms with van der Waals surface area (Å²) in [5.41, 5.74) is 1.71. The second-order valence-corrected chi connectivity index (χ2v) is 8.09. The third-order valence-electron chi connectivity index (χ3n) is 5.30. The van der Waals surface area contributed by atoms with Crippen molar-refractivity contribution in [3.8, 4) is 22.6 Å². The highest BCUT2D eigenvalue weighted by molar-refractivity contribution is 6.15. The van der Waals surface area contributed by atoms with Crippen molar-refractivity contribution in [1.82, 2.24) is 0 Å². The molecule has 0 radical (unpaired) electrons. The fourth-order valence-corrected chi connectivity index (χ4v) is 4.04. The number of rotatable bonds is 1. The van der Waals surface area contributed by atoms with Gasteiger partial charge >= 0.3 is 5.63 Å². The monoisotopic (exact) mass is 388 g/mol. The van der Waals surface area contributed by atoms with E-state index in [2.05, 4.69) is 0 Å². The van der Waals surface area contributed by atoms with Crippen LogP contribution < -0.4 is 15.1 Å².